The minimum atomic E-state index is -3.59. The summed E-state index contributed by atoms with van der Waals surface area (Å²) in [7, 11) is -2.13. The second-order valence-corrected chi connectivity index (χ2v) is 6.09. The predicted molar refractivity (Wildman–Crippen MR) is 69.9 cm³/mol. The Morgan fingerprint density at radius 2 is 2.16 bits per heavy atom. The summed E-state index contributed by atoms with van der Waals surface area (Å²) in [5.41, 5.74) is 0.419. The van der Waals surface area contributed by atoms with Crippen LogP contribution in [-0.2, 0) is 16.8 Å². The Morgan fingerprint density at radius 1 is 1.53 bits per heavy atom. The van der Waals surface area contributed by atoms with Crippen LogP contribution < -0.4 is 4.72 Å². The topological polar surface area (TPSA) is 99.6 Å². The molecule has 0 aliphatic carbocycles. The second kappa shape index (κ2) is 6.09. The van der Waals surface area contributed by atoms with Gasteiger partial charge >= 0.3 is 5.97 Å². The van der Waals surface area contributed by atoms with Crippen LogP contribution in [0.15, 0.2) is 18.3 Å². The number of rotatable bonds is 6. The molecule has 1 aromatic heterocycles. The highest BCUT2D eigenvalue weighted by atomic mass is 32.2. The van der Waals surface area contributed by atoms with E-state index in [2.05, 4.69) is 9.71 Å². The van der Waals surface area contributed by atoms with Crippen LogP contribution in [-0.4, -0.2) is 41.9 Å². The van der Waals surface area contributed by atoms with E-state index in [9.17, 15) is 13.2 Å². The second-order valence-electron chi connectivity index (χ2n) is 4.28. The number of carboxylic acid groups (broad SMARTS) is 1. The highest BCUT2D eigenvalue weighted by Crippen LogP contribution is 2.05. The Balaban J connectivity index is 2.77. The first kappa shape index (κ1) is 15.5. The fourth-order valence-electron chi connectivity index (χ4n) is 1.25. The Hall–Kier alpha value is -1.51. The molecular formula is C11H17N3O4S. The van der Waals surface area contributed by atoms with Gasteiger partial charge in [-0.2, -0.15) is 17.4 Å². The van der Waals surface area contributed by atoms with Crippen molar-refractivity contribution in [2.75, 3.05) is 7.05 Å². The molecule has 106 valence electrons. The number of aromatic nitrogens is 1. The molecule has 1 heterocycles. The van der Waals surface area contributed by atoms with Crippen molar-refractivity contribution in [3.8, 4) is 0 Å². The summed E-state index contributed by atoms with van der Waals surface area (Å²) in [6.45, 7) is 3.45. The first-order chi connectivity index (χ1) is 8.74. The van der Waals surface area contributed by atoms with Gasteiger partial charge in [0.15, 0.2) is 0 Å². The van der Waals surface area contributed by atoms with E-state index in [1.54, 1.807) is 13.8 Å². The maximum Gasteiger partial charge on any atom is 0.335 e. The van der Waals surface area contributed by atoms with Gasteiger partial charge in [-0.25, -0.2) is 4.79 Å². The molecule has 0 amide bonds. The van der Waals surface area contributed by atoms with Crippen LogP contribution in [0.4, 0.5) is 0 Å². The number of pyridine rings is 1. The molecule has 19 heavy (non-hydrogen) atoms. The summed E-state index contributed by atoms with van der Waals surface area (Å²) in [6, 6.07) is 2.51. The molecule has 0 bridgehead atoms. The fraction of sp³-hybridized carbons (Fsp3) is 0.455. The Kier molecular flexibility index (Phi) is 4.98. The molecular weight excluding hydrogens is 270 g/mol. The third-order valence-electron chi connectivity index (χ3n) is 2.61. The van der Waals surface area contributed by atoms with Crippen molar-refractivity contribution in [3.63, 3.8) is 0 Å². The summed E-state index contributed by atoms with van der Waals surface area (Å²) in [6.07, 6.45) is 1.33. The van der Waals surface area contributed by atoms with Gasteiger partial charge in [-0.05, 0) is 26.0 Å². The third-order valence-corrected chi connectivity index (χ3v) is 4.29. The lowest BCUT2D eigenvalue weighted by atomic mass is 10.2. The number of aromatic carboxylic acids is 1. The molecule has 0 aliphatic heterocycles. The molecule has 0 radical (unpaired) electrons. The van der Waals surface area contributed by atoms with Crippen molar-refractivity contribution in [3.05, 3.63) is 29.6 Å². The average Bonchev–Trinajstić information content (AvgIpc) is 2.35. The number of nitrogens with one attached hydrogen (secondary N) is 1. The van der Waals surface area contributed by atoms with Gasteiger partial charge in [0.25, 0.3) is 10.2 Å². The lowest BCUT2D eigenvalue weighted by Gasteiger charge is -2.21. The molecule has 1 aromatic rings. The quantitative estimate of drug-likeness (QED) is 0.791. The molecule has 2 N–H and O–H groups in total. The van der Waals surface area contributed by atoms with Crippen molar-refractivity contribution in [1.29, 1.82) is 0 Å². The average molecular weight is 287 g/mol. The number of hydrogen-bond acceptors (Lipinski definition) is 4. The number of carboxylic acids is 1. The SMILES string of the molecule is CC(C)N(C)S(=O)(=O)NCc1cc(C(=O)O)ccn1. The summed E-state index contributed by atoms with van der Waals surface area (Å²) in [5.74, 6) is -1.08. The fourth-order valence-corrected chi connectivity index (χ4v) is 2.34. The summed E-state index contributed by atoms with van der Waals surface area (Å²) < 4.78 is 27.2. The predicted octanol–water partition coefficient (Wildman–Crippen LogP) is 0.454. The molecule has 8 heteroatoms. The van der Waals surface area contributed by atoms with Gasteiger partial charge in [0.05, 0.1) is 17.8 Å². The van der Waals surface area contributed by atoms with Crippen molar-refractivity contribution in [2.24, 2.45) is 0 Å². The molecule has 0 saturated carbocycles. The number of nitrogens with zero attached hydrogens (tertiary/aromatic N) is 2. The summed E-state index contributed by atoms with van der Waals surface area (Å²) in [4.78, 5) is 14.7. The van der Waals surface area contributed by atoms with Gasteiger partial charge in [0.2, 0.25) is 0 Å². The van der Waals surface area contributed by atoms with E-state index in [0.29, 0.717) is 5.69 Å². The first-order valence-electron chi connectivity index (χ1n) is 5.65. The first-order valence-corrected chi connectivity index (χ1v) is 7.09. The zero-order valence-corrected chi connectivity index (χ0v) is 11.8. The van der Waals surface area contributed by atoms with Gasteiger partial charge in [0.1, 0.15) is 0 Å². The van der Waals surface area contributed by atoms with Crippen LogP contribution >= 0.6 is 0 Å². The van der Waals surface area contributed by atoms with E-state index >= 15 is 0 Å². The highest BCUT2D eigenvalue weighted by molar-refractivity contribution is 7.87. The van der Waals surface area contributed by atoms with E-state index < -0.39 is 16.2 Å². The van der Waals surface area contributed by atoms with Gasteiger partial charge in [-0.1, -0.05) is 0 Å². The van der Waals surface area contributed by atoms with Crippen LogP contribution in [0.25, 0.3) is 0 Å². The number of hydrogen-bond donors (Lipinski definition) is 2. The molecule has 0 fully saturated rings. The highest BCUT2D eigenvalue weighted by Gasteiger charge is 2.20. The summed E-state index contributed by atoms with van der Waals surface area (Å²) in [5, 5.41) is 8.82. The van der Waals surface area contributed by atoms with Crippen LogP contribution in [0.1, 0.15) is 29.9 Å². The van der Waals surface area contributed by atoms with Crippen molar-refractivity contribution in [1.82, 2.24) is 14.0 Å². The maximum atomic E-state index is 11.8. The molecule has 0 atom stereocenters. The molecule has 1 rings (SSSR count). The minimum absolute atomic E-state index is 0.0550. The maximum absolute atomic E-state index is 11.8. The lowest BCUT2D eigenvalue weighted by Crippen LogP contribution is -2.41. The van der Waals surface area contributed by atoms with Crippen molar-refractivity contribution in [2.45, 2.75) is 26.4 Å². The minimum Gasteiger partial charge on any atom is -0.478 e. The molecule has 0 saturated heterocycles. The Bertz CT molecular complexity index is 557. The molecule has 7 nitrogen and oxygen atoms in total. The van der Waals surface area contributed by atoms with Gasteiger partial charge < -0.3 is 5.11 Å². The molecule has 0 aliphatic rings. The Labute approximate surface area is 112 Å². The van der Waals surface area contributed by atoms with E-state index in [-0.39, 0.29) is 18.2 Å². The van der Waals surface area contributed by atoms with Crippen LogP contribution in [0, 0.1) is 0 Å². The van der Waals surface area contributed by atoms with Crippen LogP contribution in [0.2, 0.25) is 0 Å². The smallest absolute Gasteiger partial charge is 0.335 e. The zero-order valence-electron chi connectivity index (χ0n) is 11.0. The van der Waals surface area contributed by atoms with Crippen LogP contribution in [0.3, 0.4) is 0 Å². The van der Waals surface area contributed by atoms with E-state index in [1.807, 2.05) is 0 Å². The Morgan fingerprint density at radius 3 is 2.68 bits per heavy atom. The molecule has 0 aromatic carbocycles. The van der Waals surface area contributed by atoms with Crippen molar-refractivity contribution < 1.29 is 18.3 Å². The van der Waals surface area contributed by atoms with E-state index in [4.69, 9.17) is 5.11 Å². The zero-order chi connectivity index (χ0) is 14.6. The monoisotopic (exact) mass is 287 g/mol. The lowest BCUT2D eigenvalue weighted by molar-refractivity contribution is 0.0696. The third kappa shape index (κ3) is 4.27. The van der Waals surface area contributed by atoms with Crippen LogP contribution in [0.5, 0.6) is 0 Å². The van der Waals surface area contributed by atoms with E-state index in [1.165, 1.54) is 29.7 Å². The normalized spacial score (nSPS) is 12.1. The molecule has 0 spiro atoms. The summed E-state index contributed by atoms with van der Waals surface area (Å²) >= 11 is 0. The standard InChI is InChI=1S/C11H17N3O4S/c1-8(2)14(3)19(17,18)13-7-10-6-9(11(15)16)4-5-12-10/h4-6,8,13H,7H2,1-3H3,(H,15,16). The largest absolute Gasteiger partial charge is 0.478 e. The number of carbonyl (C=O) groups is 1. The van der Waals surface area contributed by atoms with Crippen molar-refractivity contribution >= 4 is 16.2 Å². The van der Waals surface area contributed by atoms with E-state index in [0.717, 1.165) is 0 Å². The molecule has 0 unspecified atom stereocenters. The van der Waals surface area contributed by atoms with Gasteiger partial charge in [-0.3, -0.25) is 4.98 Å². The van der Waals surface area contributed by atoms with Gasteiger partial charge in [0, 0.05) is 19.3 Å². The van der Waals surface area contributed by atoms with Gasteiger partial charge in [-0.15, -0.1) is 0 Å².